The van der Waals surface area contributed by atoms with Crippen molar-refractivity contribution in [1.29, 1.82) is 5.26 Å². The fraction of sp³-hybridized carbons (Fsp3) is 0.148. The van der Waals surface area contributed by atoms with E-state index in [2.05, 4.69) is 493 Å². The minimum absolute atomic E-state index is 0.157. The van der Waals surface area contributed by atoms with Gasteiger partial charge in [-0.3, -0.25) is 0 Å². The Labute approximate surface area is 852 Å². The third kappa shape index (κ3) is 13.8. The van der Waals surface area contributed by atoms with E-state index in [0.717, 1.165) is 200 Å². The van der Waals surface area contributed by atoms with Gasteiger partial charge in [-0.1, -0.05) is 328 Å². The van der Waals surface area contributed by atoms with Crippen molar-refractivity contribution in [3.63, 3.8) is 0 Å². The van der Waals surface area contributed by atoms with Gasteiger partial charge in [0.25, 0.3) is 6.71 Å². The van der Waals surface area contributed by atoms with Gasteiger partial charge >= 0.3 is 0 Å². The van der Waals surface area contributed by atoms with Crippen LogP contribution in [0.4, 0.5) is 34.1 Å². The van der Waals surface area contributed by atoms with E-state index in [1.54, 1.807) is 0 Å². The summed E-state index contributed by atoms with van der Waals surface area (Å²) in [4.78, 5) is 5.55. The third-order valence-electron chi connectivity index (χ3n) is 31.3. The molecule has 8 heterocycles. The Bertz CT molecular complexity index is 9610. The predicted octanol–water partition coefficient (Wildman–Crippen LogP) is 36.9. The largest absolute Gasteiger partial charge is 0.456 e. The molecule has 0 radical (unpaired) electrons. The molecule has 2 aliphatic heterocycles. The summed E-state index contributed by atoms with van der Waals surface area (Å²) >= 11 is 3.72. The summed E-state index contributed by atoms with van der Waals surface area (Å²) in [6.07, 6.45) is 0. The highest BCUT2D eigenvalue weighted by molar-refractivity contribution is 7.26. The lowest BCUT2D eigenvalue weighted by Gasteiger charge is -2.46. The molecule has 7 nitrogen and oxygen atoms in total. The van der Waals surface area contributed by atoms with Crippen LogP contribution >= 0.6 is 22.7 Å². The monoisotopic (exact) mass is 1900 g/mol. The van der Waals surface area contributed by atoms with Crippen molar-refractivity contribution < 1.29 is 8.83 Å². The van der Waals surface area contributed by atoms with Gasteiger partial charge in [0.2, 0.25) is 0 Å². The summed E-state index contributed by atoms with van der Waals surface area (Å²) in [5.74, 6) is 0. The van der Waals surface area contributed by atoms with Crippen LogP contribution in [0.5, 0.6) is 0 Å². The van der Waals surface area contributed by atoms with E-state index >= 15 is 0 Å². The molecule has 145 heavy (non-hydrogen) atoms. The van der Waals surface area contributed by atoms with Crippen LogP contribution in [0.25, 0.3) is 206 Å². The first-order chi connectivity index (χ1) is 70.0. The first-order valence-electron chi connectivity index (χ1n) is 50.8. The number of aromatic nitrogens is 2. The average Bonchev–Trinajstić information content (AvgIpc) is 1.50. The molecular formula is C135H106BN5O2S2. The number of fused-ring (bicyclic) bond motifs is 22. The standard InChI is InChI=1S/C135H106BN5O2S2/c1-131(2,3)83-56-63-111-102(70-83)100-64-78(77-137)52-60-108(100)139(111)89-75-114-128-115(76-89)141(129-94(90-38-28-46-118-124(90)96-34-19-23-44-116(96)142-118)42-27-43-95(129)91-40-30-50-122-126(91)98-36-21-25-48-120(98)144-122)113-74-88(138-109-61-54-80(79-32-17-16-18-33-79)67-101(109)103-71-84(132(4,5)6)55-62-110(103)138)57-59-107(113)136(128)106-58-53-81(82-65-85(133(7,8)9)69-86(66-82)134(10,11)12)68-112(106)140(114)130-104(92-39-29-47-119-125(92)97-35-20-24-45-117(97)143-119)72-87(135(13,14)15)73-105(130)93-41-31-51-123-127(93)99-37-22-26-49-121(99)145-123/h16-76H,1-15H3. The molecule has 0 unspecified atom stereocenters. The topological polar surface area (TPSA) is 66.4 Å². The molecule has 0 fully saturated rings. The molecule has 0 amide bonds. The lowest BCUT2D eigenvalue weighted by atomic mass is 9.33. The zero-order chi connectivity index (χ0) is 98.7. The Balaban J connectivity index is 0.879. The minimum atomic E-state index is -0.468. The van der Waals surface area contributed by atoms with Crippen molar-refractivity contribution in [3.8, 4) is 84.2 Å². The van der Waals surface area contributed by atoms with Gasteiger partial charge in [-0.25, -0.2) is 0 Å². The lowest BCUT2D eigenvalue weighted by Crippen LogP contribution is -2.61. The molecule has 2 aliphatic rings. The predicted molar refractivity (Wildman–Crippen MR) is 620 cm³/mol. The molecular weight excluding hydrogens is 1800 g/mol. The molecule has 0 aliphatic carbocycles. The van der Waals surface area contributed by atoms with Gasteiger partial charge in [0, 0.05) is 134 Å². The average molecular weight is 1910 g/mol. The van der Waals surface area contributed by atoms with Crippen LogP contribution in [0.15, 0.2) is 379 Å². The van der Waals surface area contributed by atoms with Crippen molar-refractivity contribution in [3.05, 3.63) is 403 Å². The van der Waals surface area contributed by atoms with Crippen LogP contribution in [0.2, 0.25) is 0 Å². The second kappa shape index (κ2) is 32.0. The van der Waals surface area contributed by atoms with Crippen LogP contribution in [0.1, 0.15) is 137 Å². The number of benzene rings is 19. The SMILES string of the molecule is CC(C)(C)c1cc(-c2ccc3c(c2)N(c2c(-c4cccc5oc6ccccc6c45)cc(C(C)(C)C)cc2-c2cccc4sc5ccccc5c24)c2cc(-n4c5ccc(C#N)cc5c5cc(C(C)(C)C)ccc54)cc4c2B3c2ccc(-n3c5ccc(-c6ccccc6)cc5c5cc(C(C)(C)C)ccc53)cc2N4c2c(-c3cccc4oc5ccccc5c34)cccc2-c2cccc3sc4ccccc4c23)cc(C(C)(C)C)c1. The van der Waals surface area contributed by atoms with Crippen molar-refractivity contribution in [2.24, 2.45) is 0 Å². The molecule has 698 valence electrons. The molecule has 10 heteroatoms. The number of rotatable bonds is 10. The quantitative estimate of drug-likeness (QED) is 0.128. The fourth-order valence-corrected chi connectivity index (χ4v) is 26.2. The Morgan fingerprint density at radius 1 is 0.248 bits per heavy atom. The molecule has 0 N–H and O–H groups in total. The minimum Gasteiger partial charge on any atom is -0.456 e. The first kappa shape index (κ1) is 87.9. The highest BCUT2D eigenvalue weighted by atomic mass is 32.1. The van der Waals surface area contributed by atoms with Crippen LogP contribution < -0.4 is 26.2 Å². The van der Waals surface area contributed by atoms with Gasteiger partial charge in [0.05, 0.1) is 50.8 Å². The highest BCUT2D eigenvalue weighted by Crippen LogP contribution is 2.60. The Kier molecular flexibility index (Phi) is 19.4. The maximum atomic E-state index is 11.3. The summed E-state index contributed by atoms with van der Waals surface area (Å²) in [6, 6.07) is 144. The van der Waals surface area contributed by atoms with Gasteiger partial charge in [0.15, 0.2) is 0 Å². The van der Waals surface area contributed by atoms with Crippen LogP contribution in [-0.4, -0.2) is 15.8 Å². The van der Waals surface area contributed by atoms with E-state index < -0.39 is 12.1 Å². The molecule has 0 spiro atoms. The summed E-state index contributed by atoms with van der Waals surface area (Å²) < 4.78 is 24.3. The van der Waals surface area contributed by atoms with E-state index in [4.69, 9.17) is 8.83 Å². The van der Waals surface area contributed by atoms with Crippen LogP contribution in [0, 0.1) is 11.3 Å². The number of nitriles is 1. The second-order valence-electron chi connectivity index (χ2n) is 45.4. The summed E-state index contributed by atoms with van der Waals surface area (Å²) in [5, 5.41) is 24.7. The van der Waals surface area contributed by atoms with Gasteiger partial charge in [-0.2, -0.15) is 5.26 Å². The van der Waals surface area contributed by atoms with Crippen LogP contribution in [0.3, 0.4) is 0 Å². The molecule has 25 aromatic rings. The number of thiophene rings is 2. The summed E-state index contributed by atoms with van der Waals surface area (Å²) in [6.45, 7) is 34.8. The molecule has 0 saturated heterocycles. The van der Waals surface area contributed by atoms with E-state index in [9.17, 15) is 5.26 Å². The van der Waals surface area contributed by atoms with E-state index in [0.29, 0.717) is 5.56 Å². The zero-order valence-electron chi connectivity index (χ0n) is 84.2. The maximum Gasteiger partial charge on any atom is 0.252 e. The molecule has 27 rings (SSSR count). The molecule has 0 bridgehead atoms. The first-order valence-corrected chi connectivity index (χ1v) is 52.4. The smallest absolute Gasteiger partial charge is 0.252 e. The van der Waals surface area contributed by atoms with E-state index in [-0.39, 0.29) is 21.7 Å². The normalized spacial score (nSPS) is 13.2. The highest BCUT2D eigenvalue weighted by Gasteiger charge is 2.48. The zero-order valence-corrected chi connectivity index (χ0v) is 85.8. The number of hydrogen-bond donors (Lipinski definition) is 0. The van der Waals surface area contributed by atoms with Gasteiger partial charge in [-0.05, 0) is 261 Å². The summed E-state index contributed by atoms with van der Waals surface area (Å²) in [7, 11) is 0. The van der Waals surface area contributed by atoms with Crippen molar-refractivity contribution in [2.45, 2.75) is 131 Å². The Hall–Kier alpha value is -16.0. The number of nitrogens with zero attached hydrogens (tertiary/aromatic N) is 5. The van der Waals surface area contributed by atoms with Crippen molar-refractivity contribution in [1.82, 2.24) is 9.13 Å². The summed E-state index contributed by atoms with van der Waals surface area (Å²) in [5.41, 5.74) is 37.7. The van der Waals surface area contributed by atoms with E-state index in [1.807, 2.05) is 28.7 Å². The number of hydrogen-bond acceptors (Lipinski definition) is 7. The number of furan rings is 2. The Morgan fingerprint density at radius 3 is 1.16 bits per heavy atom. The lowest BCUT2D eigenvalue weighted by molar-refractivity contribution is 0.569. The van der Waals surface area contributed by atoms with E-state index in [1.165, 1.54) is 84.5 Å². The molecule has 0 saturated carbocycles. The van der Waals surface area contributed by atoms with Crippen LogP contribution in [-0.2, 0) is 27.1 Å². The Morgan fingerprint density at radius 2 is 0.628 bits per heavy atom. The maximum absolute atomic E-state index is 11.3. The molecule has 6 aromatic heterocycles. The second-order valence-corrected chi connectivity index (χ2v) is 47.5. The molecule has 19 aromatic carbocycles. The number of para-hydroxylation sites is 3. The van der Waals surface area contributed by atoms with Gasteiger partial charge in [0.1, 0.15) is 22.3 Å². The van der Waals surface area contributed by atoms with Gasteiger partial charge in [-0.15, -0.1) is 22.7 Å². The molecule has 0 atom stereocenters. The third-order valence-corrected chi connectivity index (χ3v) is 33.6. The van der Waals surface area contributed by atoms with Crippen molar-refractivity contribution in [2.75, 3.05) is 9.80 Å². The van der Waals surface area contributed by atoms with Crippen molar-refractivity contribution >= 4 is 208 Å². The fourth-order valence-electron chi connectivity index (χ4n) is 23.9. The van der Waals surface area contributed by atoms with Gasteiger partial charge < -0.3 is 27.8 Å². The number of anilines is 6.